The maximum atomic E-state index is 12.6. The van der Waals surface area contributed by atoms with Gasteiger partial charge in [-0.05, 0) is 18.1 Å². The highest BCUT2D eigenvalue weighted by molar-refractivity contribution is 7.60. The summed E-state index contributed by atoms with van der Waals surface area (Å²) in [5.41, 5.74) is 0. The molecule has 0 spiro atoms. The molecule has 0 saturated heterocycles. The summed E-state index contributed by atoms with van der Waals surface area (Å²) in [5.74, 6) is 0. The lowest BCUT2D eigenvalue weighted by atomic mass is 10.6. The van der Waals surface area contributed by atoms with E-state index in [9.17, 15) is 4.57 Å². The van der Waals surface area contributed by atoms with Crippen molar-refractivity contribution in [2.45, 2.75) is 72.0 Å². The van der Waals surface area contributed by atoms with Crippen LogP contribution in [0.5, 0.6) is 0 Å². The van der Waals surface area contributed by atoms with Crippen LogP contribution in [0.1, 0.15) is 53.9 Å². The predicted molar refractivity (Wildman–Crippen MR) is 80.8 cm³/mol. The summed E-state index contributed by atoms with van der Waals surface area (Å²) < 4.78 is 18.9. The lowest BCUT2D eigenvalue weighted by molar-refractivity contribution is 0.467. The highest BCUT2D eigenvalue weighted by Crippen LogP contribution is 2.51. The van der Waals surface area contributed by atoms with E-state index in [1.54, 1.807) is 0 Å². The van der Waals surface area contributed by atoms with Gasteiger partial charge in [-0.2, -0.15) is 0 Å². The molecule has 0 N–H and O–H groups in total. The molecule has 0 atom stereocenters. The molecule has 0 bridgehead atoms. The maximum Gasteiger partial charge on any atom is 0.201 e. The van der Waals surface area contributed by atoms with Crippen LogP contribution in [-0.2, 0) is 8.78 Å². The second kappa shape index (κ2) is 8.50. The smallest absolute Gasteiger partial charge is 0.201 e. The average molecular weight is 278 g/mol. The molecular formula is C13H31O2PSi. The normalized spacial score (nSPS) is 13.0. The van der Waals surface area contributed by atoms with Crippen molar-refractivity contribution in [2.75, 3.05) is 12.3 Å². The Hall–Kier alpha value is 0.407. The van der Waals surface area contributed by atoms with Gasteiger partial charge < -0.3 is 4.21 Å². The fraction of sp³-hybridized carbons (Fsp3) is 1.00. The van der Waals surface area contributed by atoms with E-state index < -0.39 is 15.7 Å². The minimum absolute atomic E-state index is 0.704. The lowest BCUT2D eigenvalue weighted by Crippen LogP contribution is -2.37. The summed E-state index contributed by atoms with van der Waals surface area (Å²) in [4.78, 5) is 0. The number of rotatable bonds is 10. The molecule has 0 heterocycles. The Kier molecular flexibility index (Phi) is 8.70. The van der Waals surface area contributed by atoms with Crippen molar-refractivity contribution in [1.29, 1.82) is 0 Å². The Morgan fingerprint density at radius 3 is 1.41 bits per heavy atom. The van der Waals surface area contributed by atoms with E-state index in [-0.39, 0.29) is 0 Å². The molecule has 0 aliphatic rings. The zero-order valence-electron chi connectivity index (χ0n) is 12.4. The Morgan fingerprint density at radius 2 is 1.18 bits per heavy atom. The summed E-state index contributed by atoms with van der Waals surface area (Å²) in [5, 5.41) is 0. The molecule has 0 radical (unpaired) electrons. The second-order valence-corrected chi connectivity index (χ2v) is 12.5. The second-order valence-electron chi connectivity index (χ2n) is 4.97. The third-order valence-electron chi connectivity index (χ3n) is 3.44. The van der Waals surface area contributed by atoms with Crippen LogP contribution in [-0.4, -0.2) is 20.6 Å². The standard InChI is InChI=1S/C13H31O2PSi/c1-6-11-17(12-7-2,13-8-3)15-16(14,9-4)10-5/h6-13H2,1-5H3. The highest BCUT2D eigenvalue weighted by Gasteiger charge is 2.38. The van der Waals surface area contributed by atoms with E-state index in [0.717, 1.165) is 0 Å². The van der Waals surface area contributed by atoms with Crippen LogP contribution < -0.4 is 0 Å². The fourth-order valence-corrected chi connectivity index (χ4v) is 11.5. The minimum Gasteiger partial charge on any atom is -0.369 e. The molecule has 0 unspecified atom stereocenters. The maximum absolute atomic E-state index is 12.6. The van der Waals surface area contributed by atoms with E-state index >= 15 is 0 Å². The largest absolute Gasteiger partial charge is 0.369 e. The zero-order valence-corrected chi connectivity index (χ0v) is 14.3. The van der Waals surface area contributed by atoms with Gasteiger partial charge in [-0.3, -0.25) is 4.57 Å². The van der Waals surface area contributed by atoms with Crippen molar-refractivity contribution >= 4 is 15.7 Å². The van der Waals surface area contributed by atoms with E-state index in [2.05, 4.69) is 20.8 Å². The topological polar surface area (TPSA) is 26.3 Å². The van der Waals surface area contributed by atoms with E-state index in [0.29, 0.717) is 12.3 Å². The van der Waals surface area contributed by atoms with Gasteiger partial charge in [0.25, 0.3) is 0 Å². The van der Waals surface area contributed by atoms with Crippen molar-refractivity contribution in [3.63, 3.8) is 0 Å². The van der Waals surface area contributed by atoms with Crippen LogP contribution in [0.25, 0.3) is 0 Å². The monoisotopic (exact) mass is 278 g/mol. The zero-order chi connectivity index (χ0) is 13.4. The Labute approximate surface area is 109 Å². The van der Waals surface area contributed by atoms with Gasteiger partial charge in [0.1, 0.15) is 0 Å². The molecular weight excluding hydrogens is 247 g/mol. The molecule has 0 aromatic heterocycles. The van der Waals surface area contributed by atoms with Crippen LogP contribution in [0, 0.1) is 0 Å². The van der Waals surface area contributed by atoms with E-state index in [4.69, 9.17) is 4.21 Å². The van der Waals surface area contributed by atoms with Crippen molar-refractivity contribution in [2.24, 2.45) is 0 Å². The third-order valence-corrected chi connectivity index (χ3v) is 12.5. The number of hydrogen-bond donors (Lipinski definition) is 0. The summed E-state index contributed by atoms with van der Waals surface area (Å²) in [7, 11) is -4.07. The van der Waals surface area contributed by atoms with Crippen molar-refractivity contribution in [3.05, 3.63) is 0 Å². The summed E-state index contributed by atoms with van der Waals surface area (Å²) in [6.07, 6.45) is 4.91. The van der Waals surface area contributed by atoms with Gasteiger partial charge in [0.15, 0.2) is 7.37 Å². The molecule has 0 aliphatic heterocycles. The van der Waals surface area contributed by atoms with Gasteiger partial charge in [0.2, 0.25) is 8.32 Å². The molecule has 0 rings (SSSR count). The van der Waals surface area contributed by atoms with Crippen LogP contribution in [0.4, 0.5) is 0 Å². The van der Waals surface area contributed by atoms with Crippen LogP contribution >= 0.6 is 7.37 Å². The third kappa shape index (κ3) is 5.72. The summed E-state index contributed by atoms with van der Waals surface area (Å²) in [6, 6.07) is 3.54. The molecule has 104 valence electrons. The van der Waals surface area contributed by atoms with Crippen molar-refractivity contribution in [1.82, 2.24) is 0 Å². The van der Waals surface area contributed by atoms with Crippen LogP contribution in [0.2, 0.25) is 18.1 Å². The van der Waals surface area contributed by atoms with Gasteiger partial charge in [0.05, 0.1) is 0 Å². The Morgan fingerprint density at radius 1 is 0.824 bits per heavy atom. The first kappa shape index (κ1) is 17.4. The molecule has 0 aromatic carbocycles. The molecule has 0 aliphatic carbocycles. The Balaban J connectivity index is 4.92. The lowest BCUT2D eigenvalue weighted by Gasteiger charge is -2.34. The van der Waals surface area contributed by atoms with Crippen molar-refractivity contribution in [3.8, 4) is 0 Å². The van der Waals surface area contributed by atoms with E-state index in [1.807, 2.05) is 13.8 Å². The molecule has 2 nitrogen and oxygen atoms in total. The molecule has 0 amide bonds. The quantitative estimate of drug-likeness (QED) is 0.390. The van der Waals surface area contributed by atoms with E-state index in [1.165, 1.54) is 37.4 Å². The average Bonchev–Trinajstić information content (AvgIpc) is 2.30. The first-order chi connectivity index (χ1) is 8.01. The highest BCUT2D eigenvalue weighted by atomic mass is 31.2. The van der Waals surface area contributed by atoms with Gasteiger partial charge in [-0.25, -0.2) is 0 Å². The number of hydrogen-bond acceptors (Lipinski definition) is 2. The van der Waals surface area contributed by atoms with Crippen LogP contribution in [0.3, 0.4) is 0 Å². The molecule has 0 aromatic rings. The molecule has 4 heteroatoms. The molecule has 0 saturated carbocycles. The summed E-state index contributed by atoms with van der Waals surface area (Å²) >= 11 is 0. The van der Waals surface area contributed by atoms with Gasteiger partial charge in [0, 0.05) is 12.3 Å². The fourth-order valence-electron chi connectivity index (χ4n) is 2.58. The van der Waals surface area contributed by atoms with Crippen molar-refractivity contribution < 1.29 is 8.78 Å². The minimum atomic E-state index is -2.33. The molecule has 17 heavy (non-hydrogen) atoms. The SMILES string of the molecule is CCC[Si](CCC)(CCC)OP(=O)(CC)CC. The summed E-state index contributed by atoms with van der Waals surface area (Å²) in [6.45, 7) is 10.7. The van der Waals surface area contributed by atoms with Gasteiger partial charge in [-0.1, -0.05) is 53.9 Å². The Bertz CT molecular complexity index is 219. The first-order valence-electron chi connectivity index (χ1n) is 7.30. The van der Waals surface area contributed by atoms with Gasteiger partial charge in [-0.15, -0.1) is 0 Å². The molecule has 0 fully saturated rings. The first-order valence-corrected chi connectivity index (χ1v) is 11.8. The predicted octanol–water partition coefficient (Wildman–Crippen LogP) is 5.50. The van der Waals surface area contributed by atoms with Crippen LogP contribution in [0.15, 0.2) is 0 Å². The van der Waals surface area contributed by atoms with Gasteiger partial charge >= 0.3 is 0 Å².